The van der Waals surface area contributed by atoms with Gasteiger partial charge in [0.15, 0.2) is 5.82 Å². The van der Waals surface area contributed by atoms with Gasteiger partial charge in [-0.2, -0.15) is 11.8 Å². The Kier molecular flexibility index (Phi) is 9.65. The Labute approximate surface area is 179 Å². The van der Waals surface area contributed by atoms with Gasteiger partial charge in [-0.05, 0) is 43.9 Å². The highest BCUT2D eigenvalue weighted by Gasteiger charge is 2.11. The average Bonchev–Trinajstić information content (AvgIpc) is 3.11. The van der Waals surface area contributed by atoms with Gasteiger partial charge >= 0.3 is 0 Å². The van der Waals surface area contributed by atoms with E-state index in [-0.39, 0.29) is 12.4 Å². The van der Waals surface area contributed by atoms with E-state index in [0.717, 1.165) is 24.3 Å². The van der Waals surface area contributed by atoms with Crippen LogP contribution < -0.4 is 10.6 Å². The van der Waals surface area contributed by atoms with Gasteiger partial charge < -0.3 is 25.1 Å². The molecule has 1 aromatic carbocycles. The van der Waals surface area contributed by atoms with E-state index in [0.29, 0.717) is 23.6 Å². The molecule has 1 atom stereocenters. The van der Waals surface area contributed by atoms with Crippen LogP contribution in [0.1, 0.15) is 23.2 Å². The van der Waals surface area contributed by atoms with Gasteiger partial charge in [-0.15, -0.1) is 0 Å². The minimum absolute atomic E-state index is 0.00428. The molecule has 30 heavy (non-hydrogen) atoms. The lowest BCUT2D eigenvalue weighted by Gasteiger charge is -2.15. The summed E-state index contributed by atoms with van der Waals surface area (Å²) in [4.78, 5) is 12.3. The summed E-state index contributed by atoms with van der Waals surface area (Å²) in [5, 5.41) is 26.7. The number of rotatable bonds is 13. The van der Waals surface area contributed by atoms with Gasteiger partial charge in [0, 0.05) is 18.8 Å². The highest BCUT2D eigenvalue weighted by molar-refractivity contribution is 7.98. The van der Waals surface area contributed by atoms with Crippen molar-refractivity contribution in [2.24, 2.45) is 0 Å². The van der Waals surface area contributed by atoms with Crippen molar-refractivity contribution in [3.8, 4) is 0 Å². The van der Waals surface area contributed by atoms with Gasteiger partial charge in [0.1, 0.15) is 17.3 Å². The molecule has 10 heteroatoms. The van der Waals surface area contributed by atoms with E-state index in [1.165, 1.54) is 18.2 Å². The predicted molar refractivity (Wildman–Crippen MR) is 115 cm³/mol. The predicted octanol–water partition coefficient (Wildman–Crippen LogP) is 2.70. The van der Waals surface area contributed by atoms with E-state index in [9.17, 15) is 19.6 Å². The molecular formula is C20H27FN4O4S. The van der Waals surface area contributed by atoms with Crippen LogP contribution in [0.5, 0.6) is 0 Å². The van der Waals surface area contributed by atoms with Gasteiger partial charge in [-0.1, -0.05) is 12.1 Å². The highest BCUT2D eigenvalue weighted by atomic mass is 32.2. The van der Waals surface area contributed by atoms with Crippen molar-refractivity contribution in [2.75, 3.05) is 32.9 Å². The van der Waals surface area contributed by atoms with E-state index in [2.05, 4.69) is 10.6 Å². The Hall–Kier alpha value is -2.56. The molecule has 2 aromatic rings. The standard InChI is InChI=1S/C20H27FN4O4S/c1-24(2)12-17-6-7-18(29-17)14-30-9-8-22-20(13-25(27)28)23-11-19(26)15-4-3-5-16(21)10-15/h3-7,10,13,19,22-23,26H,8-9,11-12,14H2,1-2H3/b20-13-. The van der Waals surface area contributed by atoms with Crippen LogP contribution in [0.25, 0.3) is 0 Å². The SMILES string of the molecule is CN(C)Cc1ccc(CSCCN/C(=C/[N+](=O)[O-])NCC(O)c2cccc(F)c2)o1. The largest absolute Gasteiger partial charge is 0.464 e. The zero-order valence-electron chi connectivity index (χ0n) is 17.0. The lowest BCUT2D eigenvalue weighted by molar-refractivity contribution is -0.404. The molecule has 1 heterocycles. The van der Waals surface area contributed by atoms with Crippen LogP contribution >= 0.6 is 11.8 Å². The van der Waals surface area contributed by atoms with Crippen LogP contribution in [0.4, 0.5) is 4.39 Å². The van der Waals surface area contributed by atoms with Gasteiger partial charge in [-0.25, -0.2) is 4.39 Å². The van der Waals surface area contributed by atoms with Crippen LogP contribution in [0, 0.1) is 15.9 Å². The van der Waals surface area contributed by atoms with Crippen molar-refractivity contribution in [2.45, 2.75) is 18.4 Å². The van der Waals surface area contributed by atoms with Crippen molar-refractivity contribution in [1.29, 1.82) is 0 Å². The normalized spacial score (nSPS) is 12.8. The molecule has 0 saturated heterocycles. The Balaban J connectivity index is 1.74. The highest BCUT2D eigenvalue weighted by Crippen LogP contribution is 2.16. The van der Waals surface area contributed by atoms with Crippen LogP contribution in [-0.4, -0.2) is 47.9 Å². The second-order valence-corrected chi connectivity index (χ2v) is 7.97. The Morgan fingerprint density at radius 1 is 1.33 bits per heavy atom. The molecule has 3 N–H and O–H groups in total. The zero-order chi connectivity index (χ0) is 21.9. The minimum atomic E-state index is -0.998. The molecular weight excluding hydrogens is 411 g/mol. The molecule has 1 aromatic heterocycles. The molecule has 164 valence electrons. The van der Waals surface area contributed by atoms with Crippen molar-refractivity contribution < 1.29 is 18.8 Å². The molecule has 0 aliphatic rings. The fraction of sp³-hybridized carbons (Fsp3) is 0.400. The Morgan fingerprint density at radius 3 is 2.80 bits per heavy atom. The first-order valence-electron chi connectivity index (χ1n) is 9.40. The van der Waals surface area contributed by atoms with Crippen molar-refractivity contribution >= 4 is 11.8 Å². The maximum atomic E-state index is 13.3. The summed E-state index contributed by atoms with van der Waals surface area (Å²) < 4.78 is 19.0. The summed E-state index contributed by atoms with van der Waals surface area (Å²) in [6.07, 6.45) is -0.189. The molecule has 1 unspecified atom stereocenters. The number of benzene rings is 1. The van der Waals surface area contributed by atoms with E-state index >= 15 is 0 Å². The first-order valence-corrected chi connectivity index (χ1v) is 10.6. The summed E-state index contributed by atoms with van der Waals surface area (Å²) in [6.45, 7) is 1.23. The van der Waals surface area contributed by atoms with E-state index < -0.39 is 16.8 Å². The average molecular weight is 439 g/mol. The number of aliphatic hydroxyl groups is 1. The molecule has 0 bridgehead atoms. The number of aliphatic hydroxyl groups excluding tert-OH is 1. The fourth-order valence-electron chi connectivity index (χ4n) is 2.62. The molecule has 2 rings (SSSR count). The first-order chi connectivity index (χ1) is 14.3. The topological polar surface area (TPSA) is 104 Å². The zero-order valence-corrected chi connectivity index (χ0v) is 17.8. The molecule has 0 fully saturated rings. The molecule has 0 saturated carbocycles. The third-order valence-corrected chi connectivity index (χ3v) is 4.93. The molecule has 0 aliphatic carbocycles. The maximum absolute atomic E-state index is 13.3. The lowest BCUT2D eigenvalue weighted by atomic mass is 10.1. The van der Waals surface area contributed by atoms with E-state index in [4.69, 9.17) is 4.42 Å². The van der Waals surface area contributed by atoms with Crippen LogP contribution in [-0.2, 0) is 12.3 Å². The number of furan rings is 1. The second-order valence-electron chi connectivity index (χ2n) is 6.86. The van der Waals surface area contributed by atoms with Crippen molar-refractivity contribution in [3.63, 3.8) is 0 Å². The van der Waals surface area contributed by atoms with E-state index in [1.807, 2.05) is 31.1 Å². The van der Waals surface area contributed by atoms with E-state index in [1.54, 1.807) is 17.8 Å². The van der Waals surface area contributed by atoms with Crippen LogP contribution in [0.15, 0.2) is 52.8 Å². The lowest BCUT2D eigenvalue weighted by Crippen LogP contribution is -2.31. The summed E-state index contributed by atoms with van der Waals surface area (Å²) in [7, 11) is 3.95. The second kappa shape index (κ2) is 12.2. The number of halogens is 1. The minimum Gasteiger partial charge on any atom is -0.464 e. The Morgan fingerprint density at radius 2 is 2.10 bits per heavy atom. The third kappa shape index (κ3) is 8.85. The van der Waals surface area contributed by atoms with Crippen LogP contribution in [0.2, 0.25) is 0 Å². The molecule has 0 aliphatic heterocycles. The molecule has 0 spiro atoms. The number of hydrogen-bond acceptors (Lipinski definition) is 8. The fourth-order valence-corrected chi connectivity index (χ4v) is 3.37. The van der Waals surface area contributed by atoms with Gasteiger partial charge in [0.2, 0.25) is 0 Å². The number of nitrogens with zero attached hydrogens (tertiary/aromatic N) is 2. The number of hydrogen-bond donors (Lipinski definition) is 3. The van der Waals surface area contributed by atoms with Gasteiger partial charge in [-0.3, -0.25) is 10.1 Å². The summed E-state index contributed by atoms with van der Waals surface area (Å²) in [5.74, 6) is 2.93. The van der Waals surface area contributed by atoms with Crippen molar-refractivity contribution in [3.05, 3.63) is 81.4 Å². The monoisotopic (exact) mass is 438 g/mol. The number of nitro groups is 1. The van der Waals surface area contributed by atoms with Gasteiger partial charge in [0.25, 0.3) is 6.20 Å². The molecule has 0 amide bonds. The number of nitrogens with one attached hydrogen (secondary N) is 2. The third-order valence-electron chi connectivity index (χ3n) is 3.95. The number of thioether (sulfide) groups is 1. The van der Waals surface area contributed by atoms with Gasteiger partial charge in [0.05, 0.1) is 23.3 Å². The summed E-state index contributed by atoms with van der Waals surface area (Å²) in [6, 6.07) is 9.51. The maximum Gasteiger partial charge on any atom is 0.274 e. The molecule has 0 radical (unpaired) electrons. The molecule has 8 nitrogen and oxygen atoms in total. The smallest absolute Gasteiger partial charge is 0.274 e. The van der Waals surface area contributed by atoms with Crippen LogP contribution in [0.3, 0.4) is 0 Å². The summed E-state index contributed by atoms with van der Waals surface area (Å²) >= 11 is 1.64. The quantitative estimate of drug-likeness (QED) is 0.249. The van der Waals surface area contributed by atoms with Crippen molar-refractivity contribution in [1.82, 2.24) is 15.5 Å². The Bertz CT molecular complexity index is 844. The first kappa shape index (κ1) is 23.7. The summed E-state index contributed by atoms with van der Waals surface area (Å²) in [5.41, 5.74) is 0.394.